The number of aliphatic carboxylic acids is 2. The molecule has 0 fully saturated rings. The van der Waals surface area contributed by atoms with E-state index >= 15 is 0 Å². The maximum atomic E-state index is 10.7. The Balaban J connectivity index is 2.90. The molecule has 0 amide bonds. The van der Waals surface area contributed by atoms with E-state index in [0.29, 0.717) is 5.56 Å². The second-order valence-electron chi connectivity index (χ2n) is 3.96. The van der Waals surface area contributed by atoms with Crippen molar-refractivity contribution in [3.63, 3.8) is 0 Å². The minimum Gasteiger partial charge on any atom is -0.508 e. The molecule has 0 saturated heterocycles. The average molecular weight is 253 g/mol. The summed E-state index contributed by atoms with van der Waals surface area (Å²) >= 11 is 0. The molecule has 1 rings (SSSR count). The lowest BCUT2D eigenvalue weighted by Gasteiger charge is -2.26. The molecule has 0 aliphatic carbocycles. The quantitative estimate of drug-likeness (QED) is 0.697. The van der Waals surface area contributed by atoms with E-state index in [0.717, 1.165) is 0 Å². The van der Waals surface area contributed by atoms with E-state index in [1.165, 1.54) is 17.0 Å². The summed E-state index contributed by atoms with van der Waals surface area (Å²) in [4.78, 5) is 22.7. The highest BCUT2D eigenvalue weighted by atomic mass is 16.4. The summed E-state index contributed by atoms with van der Waals surface area (Å²) in [6, 6.07) is 5.91. The number of phenols is 1. The van der Waals surface area contributed by atoms with E-state index in [-0.39, 0.29) is 18.8 Å². The van der Waals surface area contributed by atoms with Gasteiger partial charge in [-0.25, -0.2) is 0 Å². The molecular weight excluding hydrogens is 238 g/mol. The predicted molar refractivity (Wildman–Crippen MR) is 63.4 cm³/mol. The maximum absolute atomic E-state index is 10.7. The van der Waals surface area contributed by atoms with Gasteiger partial charge in [-0.3, -0.25) is 14.5 Å². The molecule has 0 aliphatic rings. The lowest BCUT2D eigenvalue weighted by Crippen LogP contribution is -2.36. The van der Waals surface area contributed by atoms with Crippen LogP contribution in [0.4, 0.5) is 0 Å². The topological polar surface area (TPSA) is 98.1 Å². The molecule has 0 bridgehead atoms. The van der Waals surface area contributed by atoms with Crippen LogP contribution in [0.15, 0.2) is 24.3 Å². The number of hydrogen-bond acceptors (Lipinski definition) is 4. The van der Waals surface area contributed by atoms with E-state index in [4.69, 9.17) is 10.2 Å². The van der Waals surface area contributed by atoms with Crippen LogP contribution in [0, 0.1) is 0 Å². The first kappa shape index (κ1) is 14.0. The number of benzene rings is 1. The predicted octanol–water partition coefficient (Wildman–Crippen LogP) is 0.924. The van der Waals surface area contributed by atoms with E-state index in [2.05, 4.69) is 0 Å². The molecule has 3 N–H and O–H groups in total. The Labute approximate surface area is 104 Å². The van der Waals surface area contributed by atoms with Gasteiger partial charge in [0, 0.05) is 6.04 Å². The molecule has 1 aromatic rings. The van der Waals surface area contributed by atoms with E-state index in [1.54, 1.807) is 19.1 Å². The molecular formula is C12H15NO5. The molecule has 0 spiro atoms. The number of carboxylic acids is 2. The van der Waals surface area contributed by atoms with Crippen molar-refractivity contribution in [3.05, 3.63) is 29.8 Å². The highest BCUT2D eigenvalue weighted by Crippen LogP contribution is 2.22. The molecule has 6 heteroatoms. The molecule has 0 aromatic heterocycles. The van der Waals surface area contributed by atoms with Crippen molar-refractivity contribution < 1.29 is 24.9 Å². The van der Waals surface area contributed by atoms with E-state index < -0.39 is 18.0 Å². The van der Waals surface area contributed by atoms with Crippen LogP contribution in [0.5, 0.6) is 5.75 Å². The zero-order chi connectivity index (χ0) is 13.7. The first-order valence-electron chi connectivity index (χ1n) is 5.36. The maximum Gasteiger partial charge on any atom is 0.317 e. The number of nitrogens with zero attached hydrogens (tertiary/aromatic N) is 1. The van der Waals surface area contributed by atoms with Crippen molar-refractivity contribution in [2.75, 3.05) is 13.1 Å². The first-order valence-corrected chi connectivity index (χ1v) is 5.36. The SMILES string of the molecule is CC(c1cccc(O)c1)N(CC(=O)O)CC(=O)O. The Morgan fingerprint density at radius 1 is 1.22 bits per heavy atom. The molecule has 0 heterocycles. The van der Waals surface area contributed by atoms with Crippen LogP contribution in [0.3, 0.4) is 0 Å². The van der Waals surface area contributed by atoms with Crippen LogP contribution < -0.4 is 0 Å². The van der Waals surface area contributed by atoms with Gasteiger partial charge in [-0.2, -0.15) is 0 Å². The number of carboxylic acid groups (broad SMARTS) is 2. The molecule has 1 atom stereocenters. The molecule has 1 unspecified atom stereocenters. The fourth-order valence-electron chi connectivity index (χ4n) is 1.67. The summed E-state index contributed by atoms with van der Waals surface area (Å²) < 4.78 is 0. The minimum atomic E-state index is -1.09. The van der Waals surface area contributed by atoms with Crippen LogP contribution in [-0.2, 0) is 9.59 Å². The smallest absolute Gasteiger partial charge is 0.317 e. The number of hydrogen-bond donors (Lipinski definition) is 3. The van der Waals surface area contributed by atoms with Crippen molar-refractivity contribution in [2.24, 2.45) is 0 Å². The van der Waals surface area contributed by atoms with Gasteiger partial charge in [0.15, 0.2) is 0 Å². The fourth-order valence-corrected chi connectivity index (χ4v) is 1.67. The van der Waals surface area contributed by atoms with Crippen molar-refractivity contribution in [3.8, 4) is 5.75 Å². The summed E-state index contributed by atoms with van der Waals surface area (Å²) in [7, 11) is 0. The molecule has 0 radical (unpaired) electrons. The van der Waals surface area contributed by atoms with Gasteiger partial charge in [0.25, 0.3) is 0 Å². The largest absolute Gasteiger partial charge is 0.508 e. The normalized spacial score (nSPS) is 12.3. The summed E-state index contributed by atoms with van der Waals surface area (Å²) in [6.45, 7) is 0.951. The fraction of sp³-hybridized carbons (Fsp3) is 0.333. The molecule has 0 saturated carbocycles. The Morgan fingerprint density at radius 3 is 2.22 bits per heavy atom. The van der Waals surface area contributed by atoms with E-state index in [1.807, 2.05) is 0 Å². The standard InChI is InChI=1S/C12H15NO5/c1-8(9-3-2-4-10(14)5-9)13(6-11(15)16)7-12(17)18/h2-5,8,14H,6-7H2,1H3,(H,15,16)(H,17,18). The zero-order valence-corrected chi connectivity index (χ0v) is 9.91. The van der Waals surface area contributed by atoms with Gasteiger partial charge in [0.1, 0.15) is 5.75 Å². The Kier molecular flexibility index (Phi) is 4.67. The van der Waals surface area contributed by atoms with Gasteiger partial charge in [-0.1, -0.05) is 12.1 Å². The molecule has 98 valence electrons. The van der Waals surface area contributed by atoms with Gasteiger partial charge in [0.05, 0.1) is 13.1 Å². The Bertz CT molecular complexity index is 430. The van der Waals surface area contributed by atoms with Crippen molar-refractivity contribution in [1.29, 1.82) is 0 Å². The van der Waals surface area contributed by atoms with Crippen LogP contribution in [0.2, 0.25) is 0 Å². The first-order chi connectivity index (χ1) is 8.40. The number of rotatable bonds is 6. The van der Waals surface area contributed by atoms with Crippen LogP contribution >= 0.6 is 0 Å². The summed E-state index contributed by atoms with van der Waals surface area (Å²) in [5.74, 6) is -2.13. The lowest BCUT2D eigenvalue weighted by atomic mass is 10.1. The molecule has 0 aliphatic heterocycles. The monoisotopic (exact) mass is 253 g/mol. The Hall–Kier alpha value is -2.08. The van der Waals surface area contributed by atoms with Crippen molar-refractivity contribution in [1.82, 2.24) is 4.90 Å². The second kappa shape index (κ2) is 6.02. The van der Waals surface area contributed by atoms with Crippen molar-refractivity contribution >= 4 is 11.9 Å². The molecule has 1 aromatic carbocycles. The summed E-state index contributed by atoms with van der Waals surface area (Å²) in [5, 5.41) is 26.9. The number of aromatic hydroxyl groups is 1. The van der Waals surface area contributed by atoms with Crippen LogP contribution in [-0.4, -0.2) is 45.2 Å². The lowest BCUT2D eigenvalue weighted by molar-refractivity contribution is -0.142. The summed E-state index contributed by atoms with van der Waals surface area (Å²) in [5.41, 5.74) is 0.664. The zero-order valence-electron chi connectivity index (χ0n) is 9.91. The van der Waals surface area contributed by atoms with Gasteiger partial charge in [-0.05, 0) is 24.6 Å². The van der Waals surface area contributed by atoms with Crippen LogP contribution in [0.1, 0.15) is 18.5 Å². The molecule has 18 heavy (non-hydrogen) atoms. The highest BCUT2D eigenvalue weighted by Gasteiger charge is 2.21. The number of phenolic OH excluding ortho intramolecular Hbond substituents is 1. The number of carbonyl (C=O) groups is 2. The highest BCUT2D eigenvalue weighted by molar-refractivity contribution is 5.72. The Morgan fingerprint density at radius 2 is 1.78 bits per heavy atom. The van der Waals surface area contributed by atoms with Gasteiger partial charge >= 0.3 is 11.9 Å². The molecule has 6 nitrogen and oxygen atoms in total. The van der Waals surface area contributed by atoms with Crippen molar-refractivity contribution in [2.45, 2.75) is 13.0 Å². The summed E-state index contributed by atoms with van der Waals surface area (Å²) in [6.07, 6.45) is 0. The second-order valence-corrected chi connectivity index (χ2v) is 3.96. The third-order valence-corrected chi connectivity index (χ3v) is 2.58. The third kappa shape index (κ3) is 4.06. The van der Waals surface area contributed by atoms with Gasteiger partial charge in [0.2, 0.25) is 0 Å². The minimum absolute atomic E-state index is 0.0601. The van der Waals surface area contributed by atoms with Crippen LogP contribution in [0.25, 0.3) is 0 Å². The van der Waals surface area contributed by atoms with E-state index in [9.17, 15) is 14.7 Å². The van der Waals surface area contributed by atoms with Gasteiger partial charge < -0.3 is 15.3 Å². The third-order valence-electron chi connectivity index (χ3n) is 2.58. The van der Waals surface area contributed by atoms with Gasteiger partial charge in [-0.15, -0.1) is 0 Å². The average Bonchev–Trinajstić information content (AvgIpc) is 2.26.